The Morgan fingerprint density at radius 2 is 2.04 bits per heavy atom. The van der Waals surface area contributed by atoms with Crippen LogP contribution in [0.25, 0.3) is 10.2 Å². The van der Waals surface area contributed by atoms with E-state index in [1.807, 2.05) is 11.3 Å². The molecule has 0 radical (unpaired) electrons. The lowest BCUT2D eigenvalue weighted by molar-refractivity contribution is 0.200. The van der Waals surface area contributed by atoms with Gasteiger partial charge in [0, 0.05) is 11.5 Å². The lowest BCUT2D eigenvalue weighted by atomic mass is 9.81. The maximum Gasteiger partial charge on any atom is 0.0998 e. The molecule has 130 valence electrons. The first-order chi connectivity index (χ1) is 11.5. The van der Waals surface area contributed by atoms with Gasteiger partial charge in [-0.25, -0.2) is 4.98 Å². The number of aromatic nitrogens is 1. The van der Waals surface area contributed by atoms with Crippen molar-refractivity contribution in [1.29, 1.82) is 0 Å². The van der Waals surface area contributed by atoms with E-state index in [2.05, 4.69) is 49.3 Å². The number of rotatable bonds is 2. The second kappa shape index (κ2) is 6.40. The minimum Gasteiger partial charge on any atom is -0.310 e. The third-order valence-corrected chi connectivity index (χ3v) is 7.42. The lowest BCUT2D eigenvalue weighted by Gasteiger charge is -2.36. The molecule has 0 spiro atoms. The molecule has 2 fully saturated rings. The molecule has 2 aliphatic rings. The van der Waals surface area contributed by atoms with Crippen LogP contribution in [0.2, 0.25) is 0 Å². The van der Waals surface area contributed by atoms with E-state index in [4.69, 9.17) is 4.98 Å². The van der Waals surface area contributed by atoms with Crippen LogP contribution in [0.1, 0.15) is 56.1 Å². The molecule has 0 bridgehead atoms. The minimum absolute atomic E-state index is 0.259. The quantitative estimate of drug-likeness (QED) is 0.879. The molecule has 24 heavy (non-hydrogen) atoms. The fourth-order valence-electron chi connectivity index (χ4n) is 4.03. The van der Waals surface area contributed by atoms with Gasteiger partial charge in [0.25, 0.3) is 0 Å². The summed E-state index contributed by atoms with van der Waals surface area (Å²) in [6, 6.07) is 7.45. The first-order valence-electron chi connectivity index (χ1n) is 9.36. The molecule has 0 amide bonds. The van der Waals surface area contributed by atoms with Crippen LogP contribution < -0.4 is 5.32 Å². The average Bonchev–Trinajstić information content (AvgIpc) is 3.02. The monoisotopic (exact) mass is 343 g/mol. The number of hydrogen-bond acceptors (Lipinski definition) is 4. The van der Waals surface area contributed by atoms with Crippen molar-refractivity contribution >= 4 is 21.6 Å². The van der Waals surface area contributed by atoms with E-state index >= 15 is 0 Å². The van der Waals surface area contributed by atoms with Crippen LogP contribution in [-0.2, 0) is 5.41 Å². The Kier molecular flexibility index (Phi) is 4.40. The second-order valence-electron chi connectivity index (χ2n) is 8.25. The zero-order valence-electron chi connectivity index (χ0n) is 15.1. The smallest absolute Gasteiger partial charge is 0.0998 e. The minimum atomic E-state index is 0.259. The van der Waals surface area contributed by atoms with Gasteiger partial charge in [-0.1, -0.05) is 19.9 Å². The molecule has 0 unspecified atom stereocenters. The maximum absolute atomic E-state index is 5.08. The summed E-state index contributed by atoms with van der Waals surface area (Å²) in [6.45, 7) is 8.24. The second-order valence-corrected chi connectivity index (χ2v) is 9.28. The number of hydrogen-bond donors (Lipinski definition) is 1. The summed E-state index contributed by atoms with van der Waals surface area (Å²) < 4.78 is 1.35. The van der Waals surface area contributed by atoms with E-state index in [0.29, 0.717) is 6.04 Å². The van der Waals surface area contributed by atoms with E-state index in [1.165, 1.54) is 59.6 Å². The molecule has 2 saturated heterocycles. The lowest BCUT2D eigenvalue weighted by Crippen LogP contribution is -2.38. The molecule has 1 N–H and O–H groups in total. The topological polar surface area (TPSA) is 28.2 Å². The molecule has 1 aromatic carbocycles. The van der Waals surface area contributed by atoms with Crippen LogP contribution in [0.3, 0.4) is 0 Å². The van der Waals surface area contributed by atoms with Crippen molar-refractivity contribution in [3.8, 4) is 0 Å². The van der Waals surface area contributed by atoms with Gasteiger partial charge in [0.2, 0.25) is 0 Å². The van der Waals surface area contributed by atoms with Gasteiger partial charge in [-0.3, -0.25) is 0 Å². The first kappa shape index (κ1) is 16.5. The van der Waals surface area contributed by atoms with Crippen LogP contribution in [0.5, 0.6) is 0 Å². The Morgan fingerprint density at radius 3 is 2.75 bits per heavy atom. The average molecular weight is 344 g/mol. The summed E-state index contributed by atoms with van der Waals surface area (Å²) in [5.74, 6) is 0.806. The van der Waals surface area contributed by atoms with Crippen molar-refractivity contribution in [2.45, 2.75) is 51.0 Å². The molecule has 1 aromatic heterocycles. The number of benzene rings is 1. The molecule has 4 rings (SSSR count). The number of nitrogens with one attached hydrogen (secondary N) is 1. The Balaban J connectivity index is 1.59. The number of piperidine rings is 2. The third kappa shape index (κ3) is 3.12. The summed E-state index contributed by atoms with van der Waals surface area (Å²) >= 11 is 1.91. The fourth-order valence-corrected chi connectivity index (χ4v) is 5.18. The van der Waals surface area contributed by atoms with Gasteiger partial charge in [-0.2, -0.15) is 0 Å². The van der Waals surface area contributed by atoms with Gasteiger partial charge < -0.3 is 10.2 Å². The zero-order chi connectivity index (χ0) is 16.7. The highest BCUT2D eigenvalue weighted by Crippen LogP contribution is 2.39. The van der Waals surface area contributed by atoms with Gasteiger partial charge in [0.05, 0.1) is 15.2 Å². The molecule has 2 atom stereocenters. The van der Waals surface area contributed by atoms with Crippen molar-refractivity contribution in [2.24, 2.45) is 5.92 Å². The van der Waals surface area contributed by atoms with Gasteiger partial charge in [-0.15, -0.1) is 11.3 Å². The van der Waals surface area contributed by atoms with Crippen LogP contribution in [0.15, 0.2) is 18.2 Å². The normalized spacial score (nSPS) is 28.3. The molecule has 2 aromatic rings. The predicted octanol–water partition coefficient (Wildman–Crippen LogP) is 4.34. The molecular formula is C20H29N3S. The zero-order valence-corrected chi connectivity index (χ0v) is 16.0. The van der Waals surface area contributed by atoms with Gasteiger partial charge in [0.15, 0.2) is 0 Å². The highest BCUT2D eigenvalue weighted by atomic mass is 32.1. The Hall–Kier alpha value is -0.970. The van der Waals surface area contributed by atoms with E-state index < -0.39 is 0 Å². The SMILES string of the molecule is C[C@H]1CC[C@H](c2ccc3sc(C4(C)CCN(C)CC4)nc3c2)NC1. The van der Waals surface area contributed by atoms with Crippen LogP contribution in [-0.4, -0.2) is 36.6 Å². The number of fused-ring (bicyclic) bond motifs is 1. The van der Waals surface area contributed by atoms with Crippen LogP contribution in [0, 0.1) is 5.92 Å². The van der Waals surface area contributed by atoms with Crippen molar-refractivity contribution in [1.82, 2.24) is 15.2 Å². The summed E-state index contributed by atoms with van der Waals surface area (Å²) in [7, 11) is 2.22. The van der Waals surface area contributed by atoms with Crippen molar-refractivity contribution < 1.29 is 0 Å². The summed E-state index contributed by atoms with van der Waals surface area (Å²) in [6.07, 6.45) is 5.01. The molecule has 3 nitrogen and oxygen atoms in total. The molecule has 4 heteroatoms. The molecule has 2 aliphatic heterocycles. The van der Waals surface area contributed by atoms with E-state index in [0.717, 1.165) is 12.5 Å². The summed E-state index contributed by atoms with van der Waals surface area (Å²) in [4.78, 5) is 7.51. The summed E-state index contributed by atoms with van der Waals surface area (Å²) in [5, 5.41) is 5.04. The Bertz CT molecular complexity index is 707. The Morgan fingerprint density at radius 1 is 1.25 bits per heavy atom. The van der Waals surface area contributed by atoms with Gasteiger partial charge in [0.1, 0.15) is 0 Å². The first-order valence-corrected chi connectivity index (χ1v) is 10.2. The molecule has 3 heterocycles. The fraction of sp³-hybridized carbons (Fsp3) is 0.650. The summed E-state index contributed by atoms with van der Waals surface area (Å²) in [5.41, 5.74) is 2.88. The maximum atomic E-state index is 5.08. The van der Waals surface area contributed by atoms with Crippen LogP contribution >= 0.6 is 11.3 Å². The standard InChI is InChI=1S/C20H29N3S/c1-14-4-6-16(21-13-14)15-5-7-18-17(12-15)22-19(24-18)20(2)8-10-23(3)11-9-20/h5,7,12,14,16,21H,4,6,8-11,13H2,1-3H3/t14-,16+/m0/s1. The number of likely N-dealkylation sites (tertiary alicyclic amines) is 1. The van der Waals surface area contributed by atoms with Crippen LogP contribution in [0.4, 0.5) is 0 Å². The molecular weight excluding hydrogens is 314 g/mol. The van der Waals surface area contributed by atoms with Crippen molar-refractivity contribution in [2.75, 3.05) is 26.7 Å². The highest BCUT2D eigenvalue weighted by molar-refractivity contribution is 7.18. The predicted molar refractivity (Wildman–Crippen MR) is 103 cm³/mol. The third-order valence-electron chi connectivity index (χ3n) is 6.08. The Labute approximate surface area is 149 Å². The van der Waals surface area contributed by atoms with Crippen molar-refractivity contribution in [3.63, 3.8) is 0 Å². The van der Waals surface area contributed by atoms with Crippen molar-refractivity contribution in [3.05, 3.63) is 28.8 Å². The molecule has 0 aliphatic carbocycles. The van der Waals surface area contributed by atoms with Gasteiger partial charge >= 0.3 is 0 Å². The number of nitrogens with zero attached hydrogens (tertiary/aromatic N) is 2. The van der Waals surface area contributed by atoms with E-state index in [-0.39, 0.29) is 5.41 Å². The van der Waals surface area contributed by atoms with E-state index in [1.54, 1.807) is 0 Å². The molecule has 0 saturated carbocycles. The highest BCUT2D eigenvalue weighted by Gasteiger charge is 2.33. The van der Waals surface area contributed by atoms with Gasteiger partial charge in [-0.05, 0) is 76.0 Å². The number of thiazole rings is 1. The van der Waals surface area contributed by atoms with E-state index in [9.17, 15) is 0 Å². The largest absolute Gasteiger partial charge is 0.310 e.